The fourth-order valence-electron chi connectivity index (χ4n) is 2.66. The maximum absolute atomic E-state index is 13.1. The first-order valence-electron chi connectivity index (χ1n) is 7.40. The second-order valence-corrected chi connectivity index (χ2v) is 6.37. The standard InChI is InChI=1S/C16H18FN3O2S/c1-22-8-2-7-20-14(21)10-23-16(20)13-9-18-19-15(13)11-3-5-12(17)6-4-11/h3-6,9,16H,2,7-8,10H2,1H3,(H,18,19). The molecule has 1 saturated heterocycles. The minimum Gasteiger partial charge on any atom is -0.385 e. The van der Waals surface area contributed by atoms with E-state index < -0.39 is 0 Å². The molecule has 3 rings (SSSR count). The van der Waals surface area contributed by atoms with Crippen LogP contribution in [-0.4, -0.2) is 47.0 Å². The van der Waals surface area contributed by atoms with E-state index in [2.05, 4.69) is 10.2 Å². The van der Waals surface area contributed by atoms with Crippen LogP contribution in [0.2, 0.25) is 0 Å². The highest BCUT2D eigenvalue weighted by Crippen LogP contribution is 2.41. The SMILES string of the molecule is COCCCN1C(=O)CSC1c1cn[nH]c1-c1ccc(F)cc1. The summed E-state index contributed by atoms with van der Waals surface area (Å²) in [5, 5.41) is 7.03. The average Bonchev–Trinajstić information content (AvgIpc) is 3.16. The summed E-state index contributed by atoms with van der Waals surface area (Å²) in [6.45, 7) is 1.27. The molecule has 1 aliphatic heterocycles. The van der Waals surface area contributed by atoms with Gasteiger partial charge in [-0.2, -0.15) is 5.10 Å². The molecule has 1 aliphatic rings. The first kappa shape index (κ1) is 16.0. The molecule has 2 heterocycles. The van der Waals surface area contributed by atoms with Gasteiger partial charge in [0.2, 0.25) is 5.91 Å². The van der Waals surface area contributed by atoms with E-state index in [4.69, 9.17) is 4.74 Å². The molecule has 0 spiro atoms. The summed E-state index contributed by atoms with van der Waals surface area (Å²) in [5.41, 5.74) is 2.63. The van der Waals surface area contributed by atoms with Gasteiger partial charge in [-0.05, 0) is 30.7 Å². The van der Waals surface area contributed by atoms with Crippen molar-refractivity contribution in [1.82, 2.24) is 15.1 Å². The molecule has 1 fully saturated rings. The number of carbonyl (C=O) groups is 1. The van der Waals surface area contributed by atoms with Gasteiger partial charge in [-0.25, -0.2) is 4.39 Å². The number of rotatable bonds is 6. The maximum Gasteiger partial charge on any atom is 0.233 e. The molecule has 7 heteroatoms. The Labute approximate surface area is 138 Å². The maximum atomic E-state index is 13.1. The fourth-order valence-corrected chi connectivity index (χ4v) is 3.89. The van der Waals surface area contributed by atoms with Crippen molar-refractivity contribution in [3.05, 3.63) is 41.8 Å². The number of thioether (sulfide) groups is 1. The van der Waals surface area contributed by atoms with Crippen LogP contribution in [-0.2, 0) is 9.53 Å². The average molecular weight is 335 g/mol. The van der Waals surface area contributed by atoms with Crippen molar-refractivity contribution < 1.29 is 13.9 Å². The number of aromatic amines is 1. The Morgan fingerprint density at radius 1 is 1.43 bits per heavy atom. The predicted octanol–water partition coefficient (Wildman–Crippen LogP) is 2.83. The van der Waals surface area contributed by atoms with Crippen molar-refractivity contribution >= 4 is 17.7 Å². The van der Waals surface area contributed by atoms with Crippen molar-refractivity contribution in [2.24, 2.45) is 0 Å². The van der Waals surface area contributed by atoms with Crippen LogP contribution in [0.4, 0.5) is 4.39 Å². The fraction of sp³-hybridized carbons (Fsp3) is 0.375. The molecule has 1 amide bonds. The smallest absolute Gasteiger partial charge is 0.233 e. The number of hydrogen-bond donors (Lipinski definition) is 1. The van der Waals surface area contributed by atoms with E-state index in [1.165, 1.54) is 12.1 Å². The molecule has 122 valence electrons. The number of H-pyrrole nitrogens is 1. The molecule has 0 saturated carbocycles. The summed E-state index contributed by atoms with van der Waals surface area (Å²) >= 11 is 1.59. The summed E-state index contributed by atoms with van der Waals surface area (Å²) in [6, 6.07) is 6.26. The highest BCUT2D eigenvalue weighted by molar-refractivity contribution is 8.00. The molecule has 0 radical (unpaired) electrons. The van der Waals surface area contributed by atoms with Crippen LogP contribution in [0, 0.1) is 5.82 Å². The van der Waals surface area contributed by atoms with Crippen LogP contribution in [0.3, 0.4) is 0 Å². The van der Waals surface area contributed by atoms with Gasteiger partial charge in [0.05, 0.1) is 17.6 Å². The van der Waals surface area contributed by atoms with E-state index in [0.29, 0.717) is 18.9 Å². The van der Waals surface area contributed by atoms with Crippen molar-refractivity contribution in [2.75, 3.05) is 26.0 Å². The largest absolute Gasteiger partial charge is 0.385 e. The van der Waals surface area contributed by atoms with Gasteiger partial charge in [0, 0.05) is 31.4 Å². The van der Waals surface area contributed by atoms with Crippen LogP contribution in [0.1, 0.15) is 17.4 Å². The zero-order valence-corrected chi connectivity index (χ0v) is 13.6. The van der Waals surface area contributed by atoms with Gasteiger partial charge >= 0.3 is 0 Å². The minimum absolute atomic E-state index is 0.0711. The Hall–Kier alpha value is -1.86. The van der Waals surface area contributed by atoms with E-state index in [0.717, 1.165) is 23.2 Å². The number of nitrogens with zero attached hydrogens (tertiary/aromatic N) is 2. The summed E-state index contributed by atoms with van der Waals surface area (Å²) in [5.74, 6) is 0.315. The van der Waals surface area contributed by atoms with Crippen molar-refractivity contribution in [3.8, 4) is 11.3 Å². The molecule has 2 aromatic rings. The molecule has 23 heavy (non-hydrogen) atoms. The van der Waals surface area contributed by atoms with Gasteiger partial charge in [-0.3, -0.25) is 9.89 Å². The molecule has 5 nitrogen and oxygen atoms in total. The molecule has 1 N–H and O–H groups in total. The Kier molecular flexibility index (Phi) is 4.97. The predicted molar refractivity (Wildman–Crippen MR) is 87.4 cm³/mol. The van der Waals surface area contributed by atoms with Crippen molar-refractivity contribution in [2.45, 2.75) is 11.8 Å². The van der Waals surface area contributed by atoms with Gasteiger partial charge in [0.15, 0.2) is 0 Å². The van der Waals surface area contributed by atoms with Gasteiger partial charge in [0.1, 0.15) is 11.2 Å². The molecular weight excluding hydrogens is 317 g/mol. The summed E-state index contributed by atoms with van der Waals surface area (Å²) < 4.78 is 18.2. The number of hydrogen-bond acceptors (Lipinski definition) is 4. The third-order valence-electron chi connectivity index (χ3n) is 3.78. The van der Waals surface area contributed by atoms with Gasteiger partial charge in [0.25, 0.3) is 0 Å². The number of benzene rings is 1. The minimum atomic E-state index is -0.276. The second kappa shape index (κ2) is 7.14. The van der Waals surface area contributed by atoms with Crippen LogP contribution in [0.25, 0.3) is 11.3 Å². The molecule has 1 atom stereocenters. The van der Waals surface area contributed by atoms with E-state index in [-0.39, 0.29) is 17.1 Å². The van der Waals surface area contributed by atoms with Crippen LogP contribution < -0.4 is 0 Å². The van der Waals surface area contributed by atoms with Gasteiger partial charge in [-0.1, -0.05) is 0 Å². The highest BCUT2D eigenvalue weighted by atomic mass is 32.2. The van der Waals surface area contributed by atoms with E-state index in [1.807, 2.05) is 4.90 Å². The van der Waals surface area contributed by atoms with E-state index in [9.17, 15) is 9.18 Å². The first-order valence-corrected chi connectivity index (χ1v) is 8.45. The second-order valence-electron chi connectivity index (χ2n) is 5.30. The third kappa shape index (κ3) is 3.40. The van der Waals surface area contributed by atoms with Crippen molar-refractivity contribution in [3.63, 3.8) is 0 Å². The normalized spacial score (nSPS) is 17.9. The van der Waals surface area contributed by atoms with E-state index in [1.54, 1.807) is 37.2 Å². The quantitative estimate of drug-likeness (QED) is 0.825. The number of aromatic nitrogens is 2. The zero-order valence-electron chi connectivity index (χ0n) is 12.8. The Balaban J connectivity index is 1.85. The Morgan fingerprint density at radius 3 is 2.96 bits per heavy atom. The van der Waals surface area contributed by atoms with Crippen molar-refractivity contribution in [1.29, 1.82) is 0 Å². The third-order valence-corrected chi connectivity index (χ3v) is 5.02. The van der Waals surface area contributed by atoms with Gasteiger partial charge in [-0.15, -0.1) is 11.8 Å². The summed E-state index contributed by atoms with van der Waals surface area (Å²) in [6.07, 6.45) is 2.54. The monoisotopic (exact) mass is 335 g/mol. The molecule has 1 aromatic heterocycles. The number of amides is 1. The number of halogens is 1. The number of carbonyl (C=O) groups excluding carboxylic acids is 1. The van der Waals surface area contributed by atoms with Crippen LogP contribution in [0.5, 0.6) is 0 Å². The van der Waals surface area contributed by atoms with Crippen LogP contribution in [0.15, 0.2) is 30.5 Å². The summed E-state index contributed by atoms with van der Waals surface area (Å²) in [7, 11) is 1.65. The first-order chi connectivity index (χ1) is 11.2. The molecule has 0 bridgehead atoms. The number of ether oxygens (including phenoxy) is 1. The zero-order chi connectivity index (χ0) is 16.2. The molecule has 1 unspecified atom stereocenters. The highest BCUT2D eigenvalue weighted by Gasteiger charge is 2.34. The molecular formula is C16H18FN3O2S. The number of methoxy groups -OCH3 is 1. The summed E-state index contributed by atoms with van der Waals surface area (Å²) in [4.78, 5) is 14.0. The number of nitrogens with one attached hydrogen (secondary N) is 1. The van der Waals surface area contributed by atoms with Crippen LogP contribution >= 0.6 is 11.8 Å². The lowest BCUT2D eigenvalue weighted by Crippen LogP contribution is -2.29. The lowest BCUT2D eigenvalue weighted by molar-refractivity contribution is -0.128. The van der Waals surface area contributed by atoms with Gasteiger partial charge < -0.3 is 9.64 Å². The lowest BCUT2D eigenvalue weighted by atomic mass is 10.1. The Bertz CT molecular complexity index is 674. The lowest BCUT2D eigenvalue weighted by Gasteiger charge is -2.24. The van der Waals surface area contributed by atoms with E-state index >= 15 is 0 Å². The topological polar surface area (TPSA) is 58.2 Å². The molecule has 0 aliphatic carbocycles. The molecule has 1 aromatic carbocycles. The Morgan fingerprint density at radius 2 is 2.22 bits per heavy atom.